The van der Waals surface area contributed by atoms with Crippen LogP contribution < -0.4 is 15.7 Å². The lowest BCUT2D eigenvalue weighted by atomic mass is 9.78. The highest BCUT2D eigenvalue weighted by atomic mass is 19.1. The SMILES string of the molecule is C#CCCC(=O)N[C@H]1C([C@H](C)[C@@H](CC)OC(C)=O)O[C@@](Oc2ccc3c(C)cc(=O)oc3c2)(C(=O)OC)C(F)[C@H]1C. The van der Waals surface area contributed by atoms with E-state index in [-0.39, 0.29) is 24.2 Å². The minimum Gasteiger partial charge on any atom is -0.464 e. The average Bonchev–Trinajstić information content (AvgIpc) is 2.93. The Bertz CT molecular complexity index is 1380. The number of hydrogen-bond acceptors (Lipinski definition) is 9. The van der Waals surface area contributed by atoms with Crippen LogP contribution in [0, 0.1) is 31.1 Å². The molecule has 0 saturated carbocycles. The predicted molar refractivity (Wildman–Crippen MR) is 147 cm³/mol. The molecule has 0 spiro atoms. The maximum absolute atomic E-state index is 16.5. The zero-order valence-electron chi connectivity index (χ0n) is 24.0. The van der Waals surface area contributed by atoms with Crippen molar-refractivity contribution in [2.75, 3.05) is 7.11 Å². The number of methoxy groups -OCH3 is 1. The summed E-state index contributed by atoms with van der Waals surface area (Å²) in [7, 11) is 1.07. The highest BCUT2D eigenvalue weighted by Crippen LogP contribution is 2.42. The second kappa shape index (κ2) is 13.2. The number of terminal acetylenes is 1. The molecule has 1 aromatic carbocycles. The van der Waals surface area contributed by atoms with Gasteiger partial charge in [-0.1, -0.05) is 20.8 Å². The molecule has 2 heterocycles. The van der Waals surface area contributed by atoms with E-state index in [1.54, 1.807) is 26.8 Å². The van der Waals surface area contributed by atoms with Gasteiger partial charge in [-0.25, -0.2) is 14.0 Å². The summed E-state index contributed by atoms with van der Waals surface area (Å²) in [6.07, 6.45) is 1.94. The number of hydrogen-bond donors (Lipinski definition) is 1. The Morgan fingerprint density at radius 3 is 2.59 bits per heavy atom. The average molecular weight is 574 g/mol. The van der Waals surface area contributed by atoms with Gasteiger partial charge < -0.3 is 28.7 Å². The van der Waals surface area contributed by atoms with Crippen molar-refractivity contribution in [2.45, 2.75) is 84.1 Å². The summed E-state index contributed by atoms with van der Waals surface area (Å²) < 4.78 is 44.4. The summed E-state index contributed by atoms with van der Waals surface area (Å²) in [5.41, 5.74) is 0.232. The van der Waals surface area contributed by atoms with Crippen molar-refractivity contribution < 1.29 is 42.1 Å². The van der Waals surface area contributed by atoms with Crippen LogP contribution in [0.25, 0.3) is 11.0 Å². The van der Waals surface area contributed by atoms with Crippen molar-refractivity contribution in [3.8, 4) is 18.1 Å². The molecule has 0 aliphatic carbocycles. The van der Waals surface area contributed by atoms with E-state index < -0.39 is 65.5 Å². The van der Waals surface area contributed by atoms with Gasteiger partial charge in [-0.15, -0.1) is 12.3 Å². The monoisotopic (exact) mass is 573 g/mol. The van der Waals surface area contributed by atoms with Crippen molar-refractivity contribution in [1.82, 2.24) is 5.32 Å². The molecule has 1 aromatic heterocycles. The van der Waals surface area contributed by atoms with Crippen LogP contribution >= 0.6 is 0 Å². The number of carbonyl (C=O) groups excluding carboxylic acids is 3. The zero-order valence-corrected chi connectivity index (χ0v) is 24.0. The third-order valence-corrected chi connectivity index (χ3v) is 7.37. The lowest BCUT2D eigenvalue weighted by molar-refractivity contribution is -0.296. The fourth-order valence-corrected chi connectivity index (χ4v) is 5.22. The quantitative estimate of drug-likeness (QED) is 0.257. The van der Waals surface area contributed by atoms with E-state index in [4.69, 9.17) is 29.8 Å². The molecule has 1 saturated heterocycles. The van der Waals surface area contributed by atoms with Crippen LogP contribution in [0.5, 0.6) is 5.75 Å². The first-order valence-electron chi connectivity index (χ1n) is 13.4. The number of aryl methyl sites for hydroxylation is 1. The Morgan fingerprint density at radius 1 is 1.27 bits per heavy atom. The first-order chi connectivity index (χ1) is 19.4. The summed E-state index contributed by atoms with van der Waals surface area (Å²) in [5, 5.41) is 3.41. The van der Waals surface area contributed by atoms with E-state index in [2.05, 4.69) is 11.2 Å². The molecule has 1 N–H and O–H groups in total. The van der Waals surface area contributed by atoms with Gasteiger partial charge in [0.2, 0.25) is 5.91 Å². The minimum absolute atomic E-state index is 0.000715. The molecule has 11 heteroatoms. The lowest BCUT2D eigenvalue weighted by Gasteiger charge is -2.50. The van der Waals surface area contributed by atoms with Gasteiger partial charge >= 0.3 is 23.4 Å². The number of fused-ring (bicyclic) bond motifs is 1. The van der Waals surface area contributed by atoms with Gasteiger partial charge in [0.25, 0.3) is 0 Å². The molecular formula is C30H36FNO9. The predicted octanol–water partition coefficient (Wildman–Crippen LogP) is 3.60. The normalized spacial score (nSPS) is 25.4. The maximum Gasteiger partial charge on any atom is 0.382 e. The molecule has 0 radical (unpaired) electrons. The molecular weight excluding hydrogens is 537 g/mol. The molecule has 0 bridgehead atoms. The van der Waals surface area contributed by atoms with Gasteiger partial charge in [0, 0.05) is 49.1 Å². The molecule has 1 aliphatic rings. The highest BCUT2D eigenvalue weighted by molar-refractivity contribution is 5.83. The van der Waals surface area contributed by atoms with Gasteiger partial charge in [0.05, 0.1) is 19.3 Å². The van der Waals surface area contributed by atoms with Gasteiger partial charge in [0.15, 0.2) is 6.17 Å². The standard InChI is InChI=1S/C30H36FNO9/c1-8-10-11-24(34)32-26-18(5)28(31)30(29(36)37-7,41-27(26)17(4)22(9-2)38-19(6)33)40-20-12-13-21-16(3)14-25(35)39-23(21)15-20/h1,12-15,17-18,22,26-28H,9-11H2,2-7H3,(H,32,34)/t17-,18+,22-,26-,27?,28?,30-/m1/s1. The molecule has 2 unspecified atom stereocenters. The zero-order chi connectivity index (χ0) is 30.5. The van der Waals surface area contributed by atoms with E-state index in [1.165, 1.54) is 32.0 Å². The molecule has 1 amide bonds. The van der Waals surface area contributed by atoms with E-state index in [0.29, 0.717) is 17.4 Å². The van der Waals surface area contributed by atoms with Crippen LogP contribution in [0.3, 0.4) is 0 Å². The van der Waals surface area contributed by atoms with Crippen molar-refractivity contribution in [2.24, 2.45) is 11.8 Å². The van der Waals surface area contributed by atoms with Crippen LogP contribution in [0.15, 0.2) is 33.5 Å². The highest BCUT2D eigenvalue weighted by Gasteiger charge is 2.63. The number of alkyl halides is 1. The first kappa shape index (κ1) is 31.6. The number of rotatable bonds is 10. The number of ether oxygens (including phenoxy) is 4. The number of amides is 1. The van der Waals surface area contributed by atoms with E-state index in [9.17, 15) is 19.2 Å². The molecule has 1 fully saturated rings. The Kier molecular flexibility index (Phi) is 10.2. The molecule has 2 aromatic rings. The first-order valence-corrected chi connectivity index (χ1v) is 13.4. The van der Waals surface area contributed by atoms with E-state index >= 15 is 4.39 Å². The van der Waals surface area contributed by atoms with Crippen LogP contribution in [0.2, 0.25) is 0 Å². The molecule has 10 nitrogen and oxygen atoms in total. The van der Waals surface area contributed by atoms with Gasteiger partial charge in [-0.05, 0) is 31.0 Å². The molecule has 7 atom stereocenters. The minimum atomic E-state index is -2.61. The molecule has 1 aliphatic heterocycles. The number of esters is 2. The summed E-state index contributed by atoms with van der Waals surface area (Å²) in [4.78, 5) is 49.8. The topological polar surface area (TPSA) is 130 Å². The lowest BCUT2D eigenvalue weighted by Crippen LogP contribution is -2.70. The number of halogens is 1. The summed E-state index contributed by atoms with van der Waals surface area (Å²) in [6.45, 7) is 8.01. The Hall–Kier alpha value is -3.91. The Morgan fingerprint density at radius 2 is 1.98 bits per heavy atom. The van der Waals surface area contributed by atoms with E-state index in [1.807, 2.05) is 0 Å². The number of carbonyl (C=O) groups is 3. The Balaban J connectivity index is 2.11. The summed E-state index contributed by atoms with van der Waals surface area (Å²) in [5.74, 6) is -4.05. The van der Waals surface area contributed by atoms with Crippen molar-refractivity contribution in [3.05, 3.63) is 40.2 Å². The smallest absolute Gasteiger partial charge is 0.382 e. The van der Waals surface area contributed by atoms with Crippen LogP contribution in [0.4, 0.5) is 4.39 Å². The van der Waals surface area contributed by atoms with Gasteiger partial charge in [0.1, 0.15) is 17.4 Å². The fourth-order valence-electron chi connectivity index (χ4n) is 5.22. The summed E-state index contributed by atoms with van der Waals surface area (Å²) >= 11 is 0. The summed E-state index contributed by atoms with van der Waals surface area (Å²) in [6, 6.07) is 4.83. The van der Waals surface area contributed by atoms with Crippen molar-refractivity contribution in [1.29, 1.82) is 0 Å². The molecule has 41 heavy (non-hydrogen) atoms. The maximum atomic E-state index is 16.5. The molecule has 3 rings (SSSR count). The third-order valence-electron chi connectivity index (χ3n) is 7.37. The third kappa shape index (κ3) is 6.70. The fraction of sp³-hybridized carbons (Fsp3) is 0.533. The number of nitrogens with one attached hydrogen (secondary N) is 1. The van der Waals surface area contributed by atoms with Gasteiger partial charge in [-0.2, -0.15) is 0 Å². The van der Waals surface area contributed by atoms with Crippen LogP contribution in [-0.4, -0.2) is 55.2 Å². The number of benzene rings is 1. The second-order valence-corrected chi connectivity index (χ2v) is 10.2. The van der Waals surface area contributed by atoms with Crippen LogP contribution in [-0.2, 0) is 28.6 Å². The van der Waals surface area contributed by atoms with Gasteiger partial charge in [-0.3, -0.25) is 9.59 Å². The van der Waals surface area contributed by atoms with Crippen molar-refractivity contribution in [3.63, 3.8) is 0 Å². The molecule has 222 valence electrons. The second-order valence-electron chi connectivity index (χ2n) is 10.2. The Labute approximate surface area is 237 Å². The largest absolute Gasteiger partial charge is 0.464 e. The van der Waals surface area contributed by atoms with E-state index in [0.717, 1.165) is 7.11 Å². The van der Waals surface area contributed by atoms with Crippen molar-refractivity contribution >= 4 is 28.8 Å². The van der Waals surface area contributed by atoms with Crippen LogP contribution in [0.1, 0.15) is 52.5 Å².